The quantitative estimate of drug-likeness (QED) is 0.0262. The lowest BCUT2D eigenvalue weighted by molar-refractivity contribution is -0.167. The summed E-state index contributed by atoms with van der Waals surface area (Å²) in [5, 5.41) is 0. The van der Waals surface area contributed by atoms with Crippen LogP contribution in [0.1, 0.15) is 335 Å². The van der Waals surface area contributed by atoms with Crippen molar-refractivity contribution in [2.75, 3.05) is 13.2 Å². The minimum absolute atomic E-state index is 0.0659. The Hall–Kier alpha value is -1.85. The van der Waals surface area contributed by atoms with Gasteiger partial charge in [-0.15, -0.1) is 0 Å². The highest BCUT2D eigenvalue weighted by Gasteiger charge is 2.19. The minimum Gasteiger partial charge on any atom is -0.462 e. The first kappa shape index (κ1) is 64.2. The first-order valence-corrected chi connectivity index (χ1v) is 29.7. The Labute approximate surface area is 411 Å². The smallest absolute Gasteiger partial charge is 0.306 e. The molecule has 0 amide bonds. The summed E-state index contributed by atoms with van der Waals surface area (Å²) in [4.78, 5) is 38.1. The normalized spacial score (nSPS) is 12.0. The molecule has 390 valence electrons. The average molecular weight is 932 g/mol. The fourth-order valence-electron chi connectivity index (χ4n) is 9.03. The molecule has 0 N–H and O–H groups in total. The van der Waals surface area contributed by atoms with E-state index in [4.69, 9.17) is 14.2 Å². The summed E-state index contributed by atoms with van der Waals surface area (Å²) in [5.41, 5.74) is 0. The van der Waals surface area contributed by atoms with Crippen LogP contribution in [0.4, 0.5) is 0 Å². The second-order valence-electron chi connectivity index (χ2n) is 20.3. The van der Waals surface area contributed by atoms with Crippen LogP contribution in [0.2, 0.25) is 0 Å². The number of allylic oxidation sites excluding steroid dienone is 2. The molecule has 0 saturated heterocycles. The number of carbonyl (C=O) groups is 3. The van der Waals surface area contributed by atoms with E-state index < -0.39 is 6.10 Å². The molecule has 0 bridgehead atoms. The van der Waals surface area contributed by atoms with E-state index in [1.165, 1.54) is 238 Å². The summed E-state index contributed by atoms with van der Waals surface area (Å²) in [6, 6.07) is 0. The molecule has 0 spiro atoms. The average Bonchev–Trinajstić information content (AvgIpc) is 3.31. The molecule has 0 aliphatic heterocycles. The molecule has 6 heteroatoms. The lowest BCUT2D eigenvalue weighted by Gasteiger charge is -2.18. The van der Waals surface area contributed by atoms with Crippen molar-refractivity contribution in [3.05, 3.63) is 12.2 Å². The highest BCUT2D eigenvalue weighted by molar-refractivity contribution is 5.71. The summed E-state index contributed by atoms with van der Waals surface area (Å²) in [6.45, 7) is 6.68. The van der Waals surface area contributed by atoms with Crippen molar-refractivity contribution in [3.8, 4) is 0 Å². The highest BCUT2D eigenvalue weighted by Crippen LogP contribution is 2.17. The monoisotopic (exact) mass is 931 g/mol. The maximum Gasteiger partial charge on any atom is 0.306 e. The zero-order valence-electron chi connectivity index (χ0n) is 44.7. The van der Waals surface area contributed by atoms with Crippen molar-refractivity contribution in [2.24, 2.45) is 0 Å². The number of carbonyl (C=O) groups excluding carboxylic acids is 3. The molecule has 0 aliphatic carbocycles. The summed E-state index contributed by atoms with van der Waals surface area (Å²) < 4.78 is 16.9. The van der Waals surface area contributed by atoms with E-state index in [1.807, 2.05) is 0 Å². The summed E-state index contributed by atoms with van der Waals surface area (Å²) in [6.07, 6.45) is 63.5. The number of hydrogen-bond acceptors (Lipinski definition) is 6. The van der Waals surface area contributed by atoms with Crippen LogP contribution in [0, 0.1) is 0 Å². The van der Waals surface area contributed by atoms with E-state index in [2.05, 4.69) is 32.9 Å². The summed E-state index contributed by atoms with van der Waals surface area (Å²) >= 11 is 0. The molecule has 6 nitrogen and oxygen atoms in total. The van der Waals surface area contributed by atoms with Crippen molar-refractivity contribution in [3.63, 3.8) is 0 Å². The Morgan fingerprint density at radius 1 is 0.288 bits per heavy atom. The highest BCUT2D eigenvalue weighted by atomic mass is 16.6. The fourth-order valence-corrected chi connectivity index (χ4v) is 9.03. The van der Waals surface area contributed by atoms with Crippen LogP contribution in [0.15, 0.2) is 12.2 Å². The van der Waals surface area contributed by atoms with Gasteiger partial charge in [-0.25, -0.2) is 0 Å². The van der Waals surface area contributed by atoms with E-state index in [-0.39, 0.29) is 31.1 Å². The van der Waals surface area contributed by atoms with E-state index in [1.54, 1.807) is 0 Å². The predicted octanol–water partition coefficient (Wildman–Crippen LogP) is 19.7. The van der Waals surface area contributed by atoms with Gasteiger partial charge in [0.2, 0.25) is 0 Å². The Morgan fingerprint density at radius 2 is 0.500 bits per heavy atom. The maximum absolute atomic E-state index is 12.8. The molecule has 0 aromatic rings. The third-order valence-electron chi connectivity index (χ3n) is 13.5. The first-order chi connectivity index (χ1) is 32.5. The van der Waals surface area contributed by atoms with Crippen molar-refractivity contribution < 1.29 is 28.6 Å². The SMILES string of the molecule is CCCCCCCCC/C=C\CCCCCCCCCC(=O)OC(COC(=O)CCCCCCCCCCCC)COC(=O)CCCCCCCCCCCCCCCCCCCCCC. The van der Waals surface area contributed by atoms with Crippen molar-refractivity contribution >= 4 is 17.9 Å². The van der Waals surface area contributed by atoms with Gasteiger partial charge in [0.05, 0.1) is 0 Å². The fraction of sp³-hybridized carbons (Fsp3) is 0.917. The number of rotatable bonds is 55. The molecular weight excluding hydrogens is 817 g/mol. The van der Waals surface area contributed by atoms with Crippen LogP contribution in [0.3, 0.4) is 0 Å². The Balaban J connectivity index is 4.23. The van der Waals surface area contributed by atoms with Crippen LogP contribution < -0.4 is 0 Å². The zero-order chi connectivity index (χ0) is 47.9. The van der Waals surface area contributed by atoms with Crippen LogP contribution in [0.5, 0.6) is 0 Å². The van der Waals surface area contributed by atoms with Crippen LogP contribution in [-0.4, -0.2) is 37.2 Å². The Kier molecular flexibility index (Phi) is 54.2. The van der Waals surface area contributed by atoms with Gasteiger partial charge in [-0.1, -0.05) is 283 Å². The number of hydrogen-bond donors (Lipinski definition) is 0. The molecule has 0 aliphatic rings. The molecule has 0 radical (unpaired) electrons. The van der Waals surface area contributed by atoms with Gasteiger partial charge in [-0.05, 0) is 44.9 Å². The van der Waals surface area contributed by atoms with E-state index in [0.717, 1.165) is 57.8 Å². The number of ether oxygens (including phenoxy) is 3. The Bertz CT molecular complexity index is 1020. The number of esters is 3. The summed E-state index contributed by atoms with van der Waals surface area (Å²) in [5.74, 6) is -0.848. The zero-order valence-corrected chi connectivity index (χ0v) is 44.7. The molecular formula is C60H114O6. The predicted molar refractivity (Wildman–Crippen MR) is 284 cm³/mol. The van der Waals surface area contributed by atoms with Crippen LogP contribution in [0.25, 0.3) is 0 Å². The van der Waals surface area contributed by atoms with Gasteiger partial charge >= 0.3 is 17.9 Å². The van der Waals surface area contributed by atoms with Gasteiger partial charge in [-0.3, -0.25) is 14.4 Å². The van der Waals surface area contributed by atoms with Gasteiger partial charge in [0, 0.05) is 19.3 Å². The van der Waals surface area contributed by atoms with Crippen molar-refractivity contribution in [2.45, 2.75) is 341 Å². The van der Waals surface area contributed by atoms with E-state index in [9.17, 15) is 14.4 Å². The lowest BCUT2D eigenvalue weighted by atomic mass is 10.0. The molecule has 0 saturated carbocycles. The van der Waals surface area contributed by atoms with Crippen LogP contribution in [-0.2, 0) is 28.6 Å². The van der Waals surface area contributed by atoms with E-state index >= 15 is 0 Å². The largest absolute Gasteiger partial charge is 0.462 e. The van der Waals surface area contributed by atoms with E-state index in [0.29, 0.717) is 19.3 Å². The van der Waals surface area contributed by atoms with Crippen LogP contribution >= 0.6 is 0 Å². The molecule has 0 rings (SSSR count). The van der Waals surface area contributed by atoms with Crippen molar-refractivity contribution in [1.29, 1.82) is 0 Å². The molecule has 66 heavy (non-hydrogen) atoms. The minimum atomic E-state index is -0.766. The lowest BCUT2D eigenvalue weighted by Crippen LogP contribution is -2.30. The molecule has 1 unspecified atom stereocenters. The summed E-state index contributed by atoms with van der Waals surface area (Å²) in [7, 11) is 0. The molecule has 0 aromatic heterocycles. The molecule has 0 fully saturated rings. The molecule has 0 aromatic carbocycles. The topological polar surface area (TPSA) is 78.9 Å². The Morgan fingerprint density at radius 3 is 0.758 bits per heavy atom. The van der Waals surface area contributed by atoms with Gasteiger partial charge in [0.25, 0.3) is 0 Å². The second kappa shape index (κ2) is 55.7. The number of unbranched alkanes of at least 4 members (excludes halogenated alkanes) is 42. The van der Waals surface area contributed by atoms with Gasteiger partial charge in [0.15, 0.2) is 6.10 Å². The third kappa shape index (κ3) is 53.1. The third-order valence-corrected chi connectivity index (χ3v) is 13.5. The molecule has 1 atom stereocenters. The molecule has 0 heterocycles. The standard InChI is InChI=1S/C60H114O6/c1-4-7-10-13-16-19-22-24-26-28-30-31-33-34-36-38-41-44-47-50-53-59(62)65-56-57(55-64-58(61)52-49-46-43-40-21-18-15-12-9-6-3)66-60(63)54-51-48-45-42-39-37-35-32-29-27-25-23-20-17-14-11-8-5-2/h27,29,57H,4-26,28,30-56H2,1-3H3/b29-27-. The first-order valence-electron chi connectivity index (χ1n) is 29.7. The van der Waals surface area contributed by atoms with Gasteiger partial charge in [-0.2, -0.15) is 0 Å². The van der Waals surface area contributed by atoms with Crippen molar-refractivity contribution in [1.82, 2.24) is 0 Å². The van der Waals surface area contributed by atoms with Gasteiger partial charge < -0.3 is 14.2 Å². The van der Waals surface area contributed by atoms with Gasteiger partial charge in [0.1, 0.15) is 13.2 Å². The maximum atomic E-state index is 12.8. The second-order valence-corrected chi connectivity index (χ2v) is 20.3.